The first kappa shape index (κ1) is 18.9. The molecule has 0 N–H and O–H groups in total. The summed E-state index contributed by atoms with van der Waals surface area (Å²) < 4.78 is 40.8. The van der Waals surface area contributed by atoms with Crippen LogP contribution in [0, 0.1) is 0 Å². The number of aromatic nitrogens is 2. The molecule has 2 aromatic rings. The number of ether oxygens (including phenoxy) is 1. The molecule has 0 saturated carbocycles. The molecule has 2 aliphatic heterocycles. The minimum absolute atomic E-state index is 0.233. The third kappa shape index (κ3) is 4.53. The molecule has 2 aliphatic rings. The Morgan fingerprint density at radius 3 is 2.62 bits per heavy atom. The van der Waals surface area contributed by atoms with Gasteiger partial charge < -0.3 is 9.64 Å². The third-order valence-corrected chi connectivity index (χ3v) is 4.46. The van der Waals surface area contributed by atoms with Gasteiger partial charge in [0.05, 0.1) is 5.69 Å². The lowest BCUT2D eigenvalue weighted by atomic mass is 10.0. The van der Waals surface area contributed by atoms with Crippen LogP contribution in [0.3, 0.4) is 0 Å². The normalized spacial score (nSPS) is 16.4. The van der Waals surface area contributed by atoms with Gasteiger partial charge in [-0.05, 0) is 29.3 Å². The van der Waals surface area contributed by atoms with Gasteiger partial charge in [0.15, 0.2) is 5.84 Å². The summed E-state index contributed by atoms with van der Waals surface area (Å²) in [6.07, 6.45) is 2.30. The van der Waals surface area contributed by atoms with Crippen LogP contribution in [-0.2, 0) is 11.2 Å². The van der Waals surface area contributed by atoms with Gasteiger partial charge in [-0.2, -0.15) is 5.10 Å². The van der Waals surface area contributed by atoms with E-state index in [4.69, 9.17) is 0 Å². The molecule has 10 heteroatoms. The number of hydrogen-bond donors (Lipinski definition) is 0. The van der Waals surface area contributed by atoms with Crippen molar-refractivity contribution < 1.29 is 22.7 Å². The third-order valence-electron chi connectivity index (χ3n) is 4.46. The Balaban J connectivity index is 1.40. The zero-order chi connectivity index (χ0) is 20.4. The highest BCUT2D eigenvalue weighted by molar-refractivity contribution is 6.45. The summed E-state index contributed by atoms with van der Waals surface area (Å²) in [4.78, 5) is 22.5. The molecule has 1 aromatic carbocycles. The van der Waals surface area contributed by atoms with Crippen molar-refractivity contribution in [3.05, 3.63) is 60.2 Å². The van der Waals surface area contributed by atoms with Gasteiger partial charge in [0.2, 0.25) is 5.78 Å². The quantitative estimate of drug-likeness (QED) is 0.764. The Kier molecular flexibility index (Phi) is 4.91. The summed E-state index contributed by atoms with van der Waals surface area (Å²) in [5, 5.41) is 6.17. The summed E-state index contributed by atoms with van der Waals surface area (Å²) in [5.41, 5.74) is 2.21. The molecule has 7 nitrogen and oxygen atoms in total. The van der Waals surface area contributed by atoms with Crippen LogP contribution in [0.15, 0.2) is 54.0 Å². The second-order valence-corrected chi connectivity index (χ2v) is 6.55. The van der Waals surface area contributed by atoms with Crippen LogP contribution in [0.1, 0.15) is 11.3 Å². The number of hydrazone groups is 1. The van der Waals surface area contributed by atoms with Crippen molar-refractivity contribution in [1.29, 1.82) is 0 Å². The molecular formula is C19H16F3N5O2. The van der Waals surface area contributed by atoms with Crippen molar-refractivity contribution >= 4 is 17.2 Å². The van der Waals surface area contributed by atoms with Crippen molar-refractivity contribution in [3.8, 4) is 5.75 Å². The lowest BCUT2D eigenvalue weighted by Crippen LogP contribution is -2.39. The predicted octanol–water partition coefficient (Wildman–Crippen LogP) is 2.47. The number of alkyl halides is 3. The molecule has 0 spiro atoms. The van der Waals surface area contributed by atoms with Gasteiger partial charge in [-0.25, -0.2) is 0 Å². The number of rotatable bonds is 5. The van der Waals surface area contributed by atoms with Crippen LogP contribution in [0.5, 0.6) is 5.75 Å². The van der Waals surface area contributed by atoms with Gasteiger partial charge in [-0.3, -0.25) is 19.8 Å². The fourth-order valence-corrected chi connectivity index (χ4v) is 3.17. The number of amidine groups is 1. The fraction of sp³-hybridized carbons (Fsp3) is 0.263. The van der Waals surface area contributed by atoms with E-state index in [1.807, 2.05) is 4.90 Å². The number of fused-ring (bicyclic) bond motifs is 1. The van der Waals surface area contributed by atoms with Gasteiger partial charge in [-0.15, -0.1) is 13.2 Å². The Morgan fingerprint density at radius 2 is 1.93 bits per heavy atom. The molecule has 4 rings (SSSR count). The van der Waals surface area contributed by atoms with E-state index in [0.29, 0.717) is 43.2 Å². The van der Waals surface area contributed by atoms with E-state index in [-0.39, 0.29) is 11.5 Å². The van der Waals surface area contributed by atoms with E-state index in [2.05, 4.69) is 19.8 Å². The molecule has 3 heterocycles. The van der Waals surface area contributed by atoms with Crippen LogP contribution >= 0.6 is 0 Å². The van der Waals surface area contributed by atoms with Crippen LogP contribution < -0.4 is 4.74 Å². The molecule has 0 fully saturated rings. The van der Waals surface area contributed by atoms with Crippen molar-refractivity contribution in [1.82, 2.24) is 19.9 Å². The highest BCUT2D eigenvalue weighted by Gasteiger charge is 2.33. The lowest BCUT2D eigenvalue weighted by Gasteiger charge is -2.25. The number of carbonyl (C=O) groups is 1. The maximum absolute atomic E-state index is 12.5. The summed E-state index contributed by atoms with van der Waals surface area (Å²) in [5.74, 6) is -0.170. The number of benzene rings is 1. The highest BCUT2D eigenvalue weighted by atomic mass is 19.4. The molecule has 0 bridgehead atoms. The first-order chi connectivity index (χ1) is 13.9. The van der Waals surface area contributed by atoms with Crippen molar-refractivity contribution in [2.24, 2.45) is 5.10 Å². The van der Waals surface area contributed by atoms with Gasteiger partial charge >= 0.3 is 6.36 Å². The van der Waals surface area contributed by atoms with E-state index in [0.717, 1.165) is 5.69 Å². The number of hydrogen-bond acceptors (Lipinski definition) is 7. The number of nitrogens with zero attached hydrogens (tertiary/aromatic N) is 5. The van der Waals surface area contributed by atoms with Gasteiger partial charge in [-0.1, -0.05) is 12.1 Å². The smallest absolute Gasteiger partial charge is 0.406 e. The van der Waals surface area contributed by atoms with E-state index in [9.17, 15) is 18.0 Å². The zero-order valence-corrected chi connectivity index (χ0v) is 15.1. The molecule has 0 saturated heterocycles. The first-order valence-corrected chi connectivity index (χ1v) is 8.82. The number of carbonyl (C=O) groups excluding carboxylic acids is 1. The molecule has 0 amide bonds. The molecular weight excluding hydrogens is 387 g/mol. The van der Waals surface area contributed by atoms with Crippen LogP contribution in [0.25, 0.3) is 5.57 Å². The average molecular weight is 403 g/mol. The molecule has 0 atom stereocenters. The number of halogens is 3. The number of ketones is 1. The Labute approximate surface area is 164 Å². The second kappa shape index (κ2) is 7.53. The molecule has 29 heavy (non-hydrogen) atoms. The SMILES string of the molecule is O=C1C=C(c2ccc(OC(F)(F)F)cc2)CN2CN(CCc3cnccn3)N=C12. The van der Waals surface area contributed by atoms with E-state index >= 15 is 0 Å². The average Bonchev–Trinajstić information content (AvgIpc) is 3.10. The van der Waals surface area contributed by atoms with Gasteiger partial charge in [0, 0.05) is 38.1 Å². The van der Waals surface area contributed by atoms with Crippen LogP contribution in [-0.4, -0.2) is 57.6 Å². The Hall–Kier alpha value is -3.43. The Bertz CT molecular complexity index is 958. The van der Waals surface area contributed by atoms with Crippen molar-refractivity contribution in [3.63, 3.8) is 0 Å². The van der Waals surface area contributed by atoms with Crippen LogP contribution in [0.2, 0.25) is 0 Å². The highest BCUT2D eigenvalue weighted by Crippen LogP contribution is 2.27. The molecule has 1 aromatic heterocycles. The lowest BCUT2D eigenvalue weighted by molar-refractivity contribution is -0.274. The predicted molar refractivity (Wildman–Crippen MR) is 97.6 cm³/mol. The molecule has 0 radical (unpaired) electrons. The largest absolute Gasteiger partial charge is 0.573 e. The maximum atomic E-state index is 12.5. The summed E-state index contributed by atoms with van der Waals surface area (Å²) in [7, 11) is 0. The van der Waals surface area contributed by atoms with Crippen molar-refractivity contribution in [2.45, 2.75) is 12.8 Å². The minimum atomic E-state index is -4.74. The molecule has 0 aliphatic carbocycles. The van der Waals surface area contributed by atoms with E-state index in [1.165, 1.54) is 30.3 Å². The topological polar surface area (TPSA) is 70.9 Å². The van der Waals surface area contributed by atoms with Gasteiger partial charge in [0.1, 0.15) is 12.4 Å². The second-order valence-electron chi connectivity index (χ2n) is 6.55. The Morgan fingerprint density at radius 1 is 1.14 bits per heavy atom. The van der Waals surface area contributed by atoms with E-state index < -0.39 is 6.36 Å². The van der Waals surface area contributed by atoms with E-state index in [1.54, 1.807) is 23.6 Å². The van der Waals surface area contributed by atoms with Gasteiger partial charge in [0.25, 0.3) is 0 Å². The first-order valence-electron chi connectivity index (χ1n) is 8.82. The minimum Gasteiger partial charge on any atom is -0.406 e. The van der Waals surface area contributed by atoms with Crippen molar-refractivity contribution in [2.75, 3.05) is 19.8 Å². The monoisotopic (exact) mass is 403 g/mol. The van der Waals surface area contributed by atoms with Crippen LogP contribution in [0.4, 0.5) is 13.2 Å². The zero-order valence-electron chi connectivity index (χ0n) is 15.1. The molecule has 150 valence electrons. The maximum Gasteiger partial charge on any atom is 0.573 e. The standard InChI is InChI=1S/C19H16F3N5O2/c20-19(21,22)29-16-3-1-13(2-4-16)14-9-17(28)18-25-27(12-26(18)11-14)8-5-15-10-23-6-7-24-15/h1-4,6-7,9-10H,5,8,11-12H2. The fourth-order valence-electron chi connectivity index (χ4n) is 3.17. The molecule has 0 unspecified atom stereocenters. The summed E-state index contributed by atoms with van der Waals surface area (Å²) >= 11 is 0. The summed E-state index contributed by atoms with van der Waals surface area (Å²) in [6.45, 7) is 1.48. The summed E-state index contributed by atoms with van der Waals surface area (Å²) in [6, 6.07) is 5.47.